The lowest BCUT2D eigenvalue weighted by Crippen LogP contribution is -2.16. The molecule has 0 saturated carbocycles. The molecule has 0 radical (unpaired) electrons. The van der Waals surface area contributed by atoms with E-state index < -0.39 is 0 Å². The summed E-state index contributed by atoms with van der Waals surface area (Å²) in [4.78, 5) is 6.95. The Morgan fingerprint density at radius 2 is 2.38 bits per heavy atom. The van der Waals surface area contributed by atoms with E-state index >= 15 is 0 Å². The minimum Gasteiger partial charge on any atom is -0.303 e. The second-order valence-electron chi connectivity index (χ2n) is 3.63. The van der Waals surface area contributed by atoms with E-state index in [-0.39, 0.29) is 0 Å². The van der Waals surface area contributed by atoms with Crippen LogP contribution >= 0.6 is 38.6 Å². The molecule has 0 aliphatic heterocycles. The first kappa shape index (κ1) is 12.2. The van der Waals surface area contributed by atoms with Crippen molar-refractivity contribution >= 4 is 38.6 Å². The maximum Gasteiger partial charge on any atom is 0.107 e. The topological polar surface area (TPSA) is 24.9 Å². The van der Waals surface area contributed by atoms with E-state index in [1.54, 1.807) is 22.7 Å². The Morgan fingerprint density at radius 3 is 2.94 bits per heavy atom. The molecule has 5 heteroatoms. The SMILES string of the molecule is Cc1cnc(CNC(C)c2cc(Br)cs2)s1. The molecule has 1 N–H and O–H groups in total. The summed E-state index contributed by atoms with van der Waals surface area (Å²) in [6.45, 7) is 5.11. The van der Waals surface area contributed by atoms with Gasteiger partial charge in [-0.15, -0.1) is 22.7 Å². The van der Waals surface area contributed by atoms with Gasteiger partial charge in [0, 0.05) is 38.4 Å². The Bertz CT molecular complexity index is 464. The van der Waals surface area contributed by atoms with Crippen LogP contribution in [0.3, 0.4) is 0 Å². The second kappa shape index (κ2) is 5.40. The number of nitrogens with one attached hydrogen (secondary N) is 1. The molecule has 1 atom stereocenters. The lowest BCUT2D eigenvalue weighted by atomic mass is 10.3. The average Bonchev–Trinajstić information content (AvgIpc) is 2.84. The number of aryl methyl sites for hydroxylation is 1. The number of aromatic nitrogens is 1. The minimum atomic E-state index is 0.375. The monoisotopic (exact) mass is 316 g/mol. The van der Waals surface area contributed by atoms with Gasteiger partial charge in [-0.25, -0.2) is 4.98 Å². The molecule has 2 aromatic heterocycles. The van der Waals surface area contributed by atoms with Gasteiger partial charge in [-0.3, -0.25) is 0 Å². The third-order valence-electron chi connectivity index (χ3n) is 2.24. The van der Waals surface area contributed by atoms with Gasteiger partial charge in [0.25, 0.3) is 0 Å². The molecule has 0 aliphatic carbocycles. The molecular formula is C11H13BrN2S2. The molecular weight excluding hydrogens is 304 g/mol. The first-order valence-electron chi connectivity index (χ1n) is 5.04. The van der Waals surface area contributed by atoms with Gasteiger partial charge in [0.05, 0.1) is 0 Å². The van der Waals surface area contributed by atoms with Gasteiger partial charge in [0.1, 0.15) is 5.01 Å². The molecule has 0 amide bonds. The van der Waals surface area contributed by atoms with Gasteiger partial charge < -0.3 is 5.32 Å². The van der Waals surface area contributed by atoms with Crippen LogP contribution in [0.15, 0.2) is 22.1 Å². The molecule has 0 aromatic carbocycles. The fraction of sp³-hybridized carbons (Fsp3) is 0.364. The quantitative estimate of drug-likeness (QED) is 0.917. The first-order valence-corrected chi connectivity index (χ1v) is 7.52. The fourth-order valence-electron chi connectivity index (χ4n) is 1.38. The van der Waals surface area contributed by atoms with E-state index in [1.165, 1.54) is 9.75 Å². The Kier molecular flexibility index (Phi) is 4.13. The predicted octanol–water partition coefficient (Wildman–Crippen LogP) is 4.13. The molecule has 0 bridgehead atoms. The summed E-state index contributed by atoms with van der Waals surface area (Å²) in [5.74, 6) is 0. The van der Waals surface area contributed by atoms with E-state index in [0.717, 1.165) is 16.0 Å². The van der Waals surface area contributed by atoms with E-state index in [0.29, 0.717) is 6.04 Å². The predicted molar refractivity (Wildman–Crippen MR) is 74.1 cm³/mol. The van der Waals surface area contributed by atoms with Crippen molar-refractivity contribution in [1.29, 1.82) is 0 Å². The average molecular weight is 317 g/mol. The molecule has 0 fully saturated rings. The lowest BCUT2D eigenvalue weighted by molar-refractivity contribution is 0.581. The zero-order chi connectivity index (χ0) is 11.5. The highest BCUT2D eigenvalue weighted by Crippen LogP contribution is 2.25. The van der Waals surface area contributed by atoms with Crippen molar-refractivity contribution < 1.29 is 0 Å². The maximum atomic E-state index is 4.34. The van der Waals surface area contributed by atoms with Crippen LogP contribution in [0.5, 0.6) is 0 Å². The summed E-state index contributed by atoms with van der Waals surface area (Å²) < 4.78 is 1.16. The van der Waals surface area contributed by atoms with E-state index in [1.807, 2.05) is 6.20 Å². The van der Waals surface area contributed by atoms with Crippen molar-refractivity contribution in [2.75, 3.05) is 0 Å². The highest BCUT2D eigenvalue weighted by Gasteiger charge is 2.08. The molecule has 86 valence electrons. The molecule has 0 aliphatic rings. The van der Waals surface area contributed by atoms with E-state index in [9.17, 15) is 0 Å². The largest absolute Gasteiger partial charge is 0.303 e. The maximum absolute atomic E-state index is 4.34. The van der Waals surface area contributed by atoms with Crippen molar-refractivity contribution in [3.8, 4) is 0 Å². The van der Waals surface area contributed by atoms with Crippen molar-refractivity contribution in [3.05, 3.63) is 36.9 Å². The van der Waals surface area contributed by atoms with Crippen molar-refractivity contribution in [2.45, 2.75) is 26.4 Å². The Morgan fingerprint density at radius 1 is 1.56 bits per heavy atom. The summed E-state index contributed by atoms with van der Waals surface area (Å²) in [7, 11) is 0. The van der Waals surface area contributed by atoms with Gasteiger partial charge in [0.2, 0.25) is 0 Å². The summed E-state index contributed by atoms with van der Waals surface area (Å²) in [6, 6.07) is 2.54. The van der Waals surface area contributed by atoms with Crippen LogP contribution in [0.25, 0.3) is 0 Å². The summed E-state index contributed by atoms with van der Waals surface area (Å²) in [5, 5.41) is 6.74. The number of hydrogen-bond donors (Lipinski definition) is 1. The molecule has 0 saturated heterocycles. The number of rotatable bonds is 4. The number of thiophene rings is 1. The van der Waals surface area contributed by atoms with E-state index in [2.05, 4.69) is 51.5 Å². The molecule has 2 rings (SSSR count). The molecule has 1 unspecified atom stereocenters. The van der Waals surface area contributed by atoms with Crippen LogP contribution in [0.1, 0.15) is 27.7 Å². The molecule has 2 aromatic rings. The van der Waals surface area contributed by atoms with Gasteiger partial charge in [-0.05, 0) is 35.8 Å². The minimum absolute atomic E-state index is 0.375. The molecule has 16 heavy (non-hydrogen) atoms. The Balaban J connectivity index is 1.91. The van der Waals surface area contributed by atoms with Crippen molar-refractivity contribution in [3.63, 3.8) is 0 Å². The fourth-order valence-corrected chi connectivity index (χ4v) is 3.60. The Labute approximate surface area is 112 Å². The summed E-state index contributed by atoms with van der Waals surface area (Å²) in [6.07, 6.45) is 1.92. The van der Waals surface area contributed by atoms with Crippen LogP contribution in [0, 0.1) is 6.92 Å². The van der Waals surface area contributed by atoms with Gasteiger partial charge >= 0.3 is 0 Å². The van der Waals surface area contributed by atoms with Crippen LogP contribution < -0.4 is 5.32 Å². The van der Waals surface area contributed by atoms with Gasteiger partial charge in [-0.1, -0.05) is 0 Å². The highest BCUT2D eigenvalue weighted by atomic mass is 79.9. The third kappa shape index (κ3) is 3.13. The van der Waals surface area contributed by atoms with Gasteiger partial charge in [-0.2, -0.15) is 0 Å². The van der Waals surface area contributed by atoms with Crippen LogP contribution in [0.2, 0.25) is 0 Å². The van der Waals surface area contributed by atoms with Gasteiger partial charge in [0.15, 0.2) is 0 Å². The second-order valence-corrected chi connectivity index (χ2v) is 6.81. The summed E-state index contributed by atoms with van der Waals surface area (Å²) in [5.41, 5.74) is 0. The number of hydrogen-bond acceptors (Lipinski definition) is 4. The van der Waals surface area contributed by atoms with Crippen molar-refractivity contribution in [1.82, 2.24) is 10.3 Å². The van der Waals surface area contributed by atoms with Crippen molar-refractivity contribution in [2.24, 2.45) is 0 Å². The number of thiazole rings is 1. The zero-order valence-corrected chi connectivity index (χ0v) is 12.4. The number of halogens is 1. The lowest BCUT2D eigenvalue weighted by Gasteiger charge is -2.10. The van der Waals surface area contributed by atoms with Crippen LogP contribution in [-0.4, -0.2) is 4.98 Å². The molecule has 2 heterocycles. The third-order valence-corrected chi connectivity index (χ3v) is 5.03. The van der Waals surface area contributed by atoms with Crippen LogP contribution in [0.4, 0.5) is 0 Å². The first-order chi connectivity index (χ1) is 7.65. The Hall–Kier alpha value is -0.230. The smallest absolute Gasteiger partial charge is 0.107 e. The standard InChI is InChI=1S/C11H13BrN2S2/c1-7-4-14-11(16-7)5-13-8(2)10-3-9(12)6-15-10/h3-4,6,8,13H,5H2,1-2H3. The number of nitrogens with zero attached hydrogens (tertiary/aromatic N) is 1. The zero-order valence-electron chi connectivity index (χ0n) is 9.16. The summed E-state index contributed by atoms with van der Waals surface area (Å²) >= 11 is 6.99. The van der Waals surface area contributed by atoms with Crippen LogP contribution in [-0.2, 0) is 6.54 Å². The van der Waals surface area contributed by atoms with E-state index in [4.69, 9.17) is 0 Å². The molecule has 2 nitrogen and oxygen atoms in total. The highest BCUT2D eigenvalue weighted by molar-refractivity contribution is 9.10. The molecule has 0 spiro atoms. The normalized spacial score (nSPS) is 12.9.